The van der Waals surface area contributed by atoms with Crippen LogP contribution in [0.2, 0.25) is 5.02 Å². The molecular formula is C25H21ClN4O2. The first-order valence-electron chi connectivity index (χ1n) is 10.1. The molecule has 0 aliphatic heterocycles. The quantitative estimate of drug-likeness (QED) is 0.446. The summed E-state index contributed by atoms with van der Waals surface area (Å²) in [7, 11) is 0. The normalized spacial score (nSPS) is 11.5. The molecule has 0 saturated carbocycles. The van der Waals surface area contributed by atoms with E-state index in [2.05, 4.69) is 15.7 Å². The van der Waals surface area contributed by atoms with Crippen molar-refractivity contribution in [2.75, 3.05) is 0 Å². The number of para-hydroxylation sites is 1. The number of halogens is 1. The minimum Gasteiger partial charge on any atom is -0.350 e. The number of amides is 2. The predicted octanol–water partition coefficient (Wildman–Crippen LogP) is 4.31. The van der Waals surface area contributed by atoms with Gasteiger partial charge in [0.05, 0.1) is 5.69 Å². The molecule has 0 saturated heterocycles. The monoisotopic (exact) mass is 444 g/mol. The number of hydrogen-bond acceptors (Lipinski definition) is 3. The highest BCUT2D eigenvalue weighted by atomic mass is 35.5. The molecule has 0 fully saturated rings. The molecule has 1 heterocycles. The third-order valence-corrected chi connectivity index (χ3v) is 5.14. The van der Waals surface area contributed by atoms with Crippen molar-refractivity contribution in [3.05, 3.63) is 119 Å². The van der Waals surface area contributed by atoms with Gasteiger partial charge in [0, 0.05) is 17.8 Å². The van der Waals surface area contributed by atoms with Gasteiger partial charge in [-0.2, -0.15) is 5.10 Å². The van der Waals surface area contributed by atoms with Crippen molar-refractivity contribution in [2.24, 2.45) is 0 Å². The fourth-order valence-corrected chi connectivity index (χ4v) is 3.34. The maximum Gasteiger partial charge on any atom is 0.272 e. The van der Waals surface area contributed by atoms with Gasteiger partial charge in [0.25, 0.3) is 5.91 Å². The molecular weight excluding hydrogens is 424 g/mol. The molecule has 3 aromatic carbocycles. The molecule has 7 heteroatoms. The second-order valence-electron chi connectivity index (χ2n) is 7.14. The van der Waals surface area contributed by atoms with Gasteiger partial charge in [0.1, 0.15) is 6.04 Å². The van der Waals surface area contributed by atoms with Crippen LogP contribution >= 0.6 is 11.6 Å². The summed E-state index contributed by atoms with van der Waals surface area (Å²) in [5, 5.41) is 10.7. The Bertz CT molecular complexity index is 1190. The van der Waals surface area contributed by atoms with Crippen LogP contribution < -0.4 is 10.6 Å². The van der Waals surface area contributed by atoms with Crippen LogP contribution in [0.3, 0.4) is 0 Å². The van der Waals surface area contributed by atoms with Crippen LogP contribution in [-0.4, -0.2) is 21.6 Å². The van der Waals surface area contributed by atoms with E-state index >= 15 is 0 Å². The lowest BCUT2D eigenvalue weighted by molar-refractivity contribution is -0.123. The van der Waals surface area contributed by atoms with E-state index in [-0.39, 0.29) is 11.6 Å². The first kappa shape index (κ1) is 21.3. The molecule has 2 amide bonds. The summed E-state index contributed by atoms with van der Waals surface area (Å²) in [6, 6.07) is 26.6. The topological polar surface area (TPSA) is 76.0 Å². The Hall–Kier alpha value is -3.90. The standard InChI is InChI=1S/C25H21ClN4O2/c26-20-13-11-18(12-14-20)17-27-25(32)23(19-7-3-1-4-8-19)28-24(31)22-15-16-30(29-22)21-9-5-2-6-10-21/h1-16,23H,17H2,(H,27,32)(H,28,31)/t23-/m1/s1. The van der Waals surface area contributed by atoms with Gasteiger partial charge in [-0.1, -0.05) is 72.3 Å². The first-order chi connectivity index (χ1) is 15.6. The van der Waals surface area contributed by atoms with Gasteiger partial charge in [0.2, 0.25) is 5.91 Å². The molecule has 0 spiro atoms. The summed E-state index contributed by atoms with van der Waals surface area (Å²) in [6.45, 7) is 0.317. The van der Waals surface area contributed by atoms with E-state index in [9.17, 15) is 9.59 Å². The second-order valence-corrected chi connectivity index (χ2v) is 7.58. The number of nitrogens with zero attached hydrogens (tertiary/aromatic N) is 2. The molecule has 2 N–H and O–H groups in total. The van der Waals surface area contributed by atoms with Crippen molar-refractivity contribution in [1.82, 2.24) is 20.4 Å². The Kier molecular flexibility index (Phi) is 6.63. The average Bonchev–Trinajstić information content (AvgIpc) is 3.34. The Morgan fingerprint density at radius 2 is 1.53 bits per heavy atom. The molecule has 0 radical (unpaired) electrons. The number of carbonyl (C=O) groups is 2. The van der Waals surface area contributed by atoms with E-state index in [0.29, 0.717) is 17.1 Å². The van der Waals surface area contributed by atoms with Crippen LogP contribution in [0.25, 0.3) is 5.69 Å². The summed E-state index contributed by atoms with van der Waals surface area (Å²) in [4.78, 5) is 25.9. The number of nitrogens with one attached hydrogen (secondary N) is 2. The van der Waals surface area contributed by atoms with Crippen LogP contribution in [-0.2, 0) is 11.3 Å². The molecule has 0 aliphatic rings. The van der Waals surface area contributed by atoms with Crippen LogP contribution in [0.15, 0.2) is 97.2 Å². The van der Waals surface area contributed by atoms with E-state index in [0.717, 1.165) is 11.3 Å². The zero-order valence-corrected chi connectivity index (χ0v) is 17.9. The average molecular weight is 445 g/mol. The van der Waals surface area contributed by atoms with Gasteiger partial charge in [-0.15, -0.1) is 0 Å². The molecule has 160 valence electrons. The molecule has 32 heavy (non-hydrogen) atoms. The van der Waals surface area contributed by atoms with Gasteiger partial charge >= 0.3 is 0 Å². The van der Waals surface area contributed by atoms with Crippen LogP contribution in [0, 0.1) is 0 Å². The SMILES string of the molecule is O=C(N[C@@H](C(=O)NCc1ccc(Cl)cc1)c1ccccc1)c1ccn(-c2ccccc2)n1. The lowest BCUT2D eigenvalue weighted by Gasteiger charge is -2.18. The lowest BCUT2D eigenvalue weighted by Crippen LogP contribution is -2.40. The van der Waals surface area contributed by atoms with Gasteiger partial charge in [-0.05, 0) is 41.5 Å². The number of hydrogen-bond donors (Lipinski definition) is 2. The van der Waals surface area contributed by atoms with Crippen LogP contribution in [0.1, 0.15) is 27.7 Å². The number of carbonyl (C=O) groups excluding carboxylic acids is 2. The summed E-state index contributed by atoms with van der Waals surface area (Å²) in [6.07, 6.45) is 1.71. The van der Waals surface area contributed by atoms with Crippen molar-refractivity contribution >= 4 is 23.4 Å². The number of aromatic nitrogens is 2. The van der Waals surface area contributed by atoms with Gasteiger partial charge in [-0.3, -0.25) is 9.59 Å². The Morgan fingerprint density at radius 1 is 0.875 bits per heavy atom. The van der Waals surface area contributed by atoms with Crippen molar-refractivity contribution < 1.29 is 9.59 Å². The highest BCUT2D eigenvalue weighted by Gasteiger charge is 2.24. The smallest absolute Gasteiger partial charge is 0.272 e. The lowest BCUT2D eigenvalue weighted by atomic mass is 10.1. The number of rotatable bonds is 7. The van der Waals surface area contributed by atoms with E-state index in [1.807, 2.05) is 60.7 Å². The fraction of sp³-hybridized carbons (Fsp3) is 0.0800. The van der Waals surface area contributed by atoms with Gasteiger partial charge in [0.15, 0.2) is 5.69 Å². The minimum absolute atomic E-state index is 0.222. The third kappa shape index (κ3) is 5.22. The zero-order chi connectivity index (χ0) is 22.3. The minimum atomic E-state index is -0.863. The Labute approximate surface area is 190 Å². The highest BCUT2D eigenvalue weighted by molar-refractivity contribution is 6.30. The fourth-order valence-electron chi connectivity index (χ4n) is 3.21. The molecule has 1 atom stereocenters. The van der Waals surface area contributed by atoms with Gasteiger partial charge < -0.3 is 10.6 Å². The highest BCUT2D eigenvalue weighted by Crippen LogP contribution is 2.15. The second kappa shape index (κ2) is 9.94. The maximum atomic E-state index is 13.0. The largest absolute Gasteiger partial charge is 0.350 e. The summed E-state index contributed by atoms with van der Waals surface area (Å²) in [5.74, 6) is -0.753. The van der Waals surface area contributed by atoms with E-state index < -0.39 is 11.9 Å². The molecule has 4 aromatic rings. The van der Waals surface area contributed by atoms with E-state index in [1.54, 1.807) is 41.2 Å². The Morgan fingerprint density at radius 3 is 2.22 bits per heavy atom. The predicted molar refractivity (Wildman–Crippen MR) is 124 cm³/mol. The number of benzene rings is 3. The first-order valence-corrected chi connectivity index (χ1v) is 10.5. The third-order valence-electron chi connectivity index (χ3n) is 4.89. The van der Waals surface area contributed by atoms with Crippen LogP contribution in [0.5, 0.6) is 0 Å². The van der Waals surface area contributed by atoms with Crippen LogP contribution in [0.4, 0.5) is 0 Å². The van der Waals surface area contributed by atoms with Gasteiger partial charge in [-0.25, -0.2) is 4.68 Å². The summed E-state index contributed by atoms with van der Waals surface area (Å²) < 4.78 is 1.62. The maximum absolute atomic E-state index is 13.0. The Balaban J connectivity index is 1.49. The summed E-state index contributed by atoms with van der Waals surface area (Å²) >= 11 is 5.92. The van der Waals surface area contributed by atoms with E-state index in [4.69, 9.17) is 11.6 Å². The molecule has 0 bridgehead atoms. The summed E-state index contributed by atoms with van der Waals surface area (Å²) in [5.41, 5.74) is 2.64. The molecule has 6 nitrogen and oxygen atoms in total. The molecule has 0 unspecified atom stereocenters. The van der Waals surface area contributed by atoms with E-state index in [1.165, 1.54) is 0 Å². The van der Waals surface area contributed by atoms with Crippen molar-refractivity contribution in [1.29, 1.82) is 0 Å². The van der Waals surface area contributed by atoms with Crippen molar-refractivity contribution in [2.45, 2.75) is 12.6 Å². The molecule has 1 aromatic heterocycles. The molecule has 0 aliphatic carbocycles. The zero-order valence-electron chi connectivity index (χ0n) is 17.1. The van der Waals surface area contributed by atoms with Crippen molar-refractivity contribution in [3.63, 3.8) is 0 Å². The van der Waals surface area contributed by atoms with Crippen molar-refractivity contribution in [3.8, 4) is 5.69 Å². The molecule has 4 rings (SSSR count).